The van der Waals surface area contributed by atoms with Gasteiger partial charge in [0.2, 0.25) is 0 Å². The molecule has 2 aromatic carbocycles. The number of carboxylic acid groups (broad SMARTS) is 1. The molecule has 1 unspecified atom stereocenters. The third-order valence-corrected chi connectivity index (χ3v) is 4.06. The zero-order valence-corrected chi connectivity index (χ0v) is 13.2. The molecule has 1 atom stereocenters. The van der Waals surface area contributed by atoms with Gasteiger partial charge in [-0.15, -0.1) is 0 Å². The summed E-state index contributed by atoms with van der Waals surface area (Å²) in [6, 6.07) is 11.1. The average molecular weight is 375 g/mol. The summed E-state index contributed by atoms with van der Waals surface area (Å²) in [6.07, 6.45) is 0. The number of nitrogens with one attached hydrogen (secondary N) is 1. The van der Waals surface area contributed by atoms with Gasteiger partial charge in [0.25, 0.3) is 0 Å². The number of benzene rings is 2. The van der Waals surface area contributed by atoms with Crippen LogP contribution in [-0.2, 0) is 4.79 Å². The monoisotopic (exact) mass is 373 g/mol. The third-order valence-electron chi connectivity index (χ3n) is 2.71. The topological polar surface area (TPSA) is 49.3 Å². The van der Waals surface area contributed by atoms with E-state index in [4.69, 9.17) is 23.2 Å². The van der Waals surface area contributed by atoms with Gasteiger partial charge in [0.1, 0.15) is 0 Å². The smallest absolute Gasteiger partial charge is 0.330 e. The minimum atomic E-state index is -1.06. The molecule has 0 fully saturated rings. The second kappa shape index (κ2) is 6.48. The molecule has 0 aliphatic rings. The molecule has 0 saturated heterocycles. The number of anilines is 1. The predicted octanol–water partition coefficient (Wildman–Crippen LogP) is 4.99. The van der Waals surface area contributed by atoms with E-state index in [0.29, 0.717) is 21.3 Å². The van der Waals surface area contributed by atoms with Crippen LogP contribution in [-0.4, -0.2) is 11.1 Å². The first kappa shape index (κ1) is 15.2. The van der Waals surface area contributed by atoms with Crippen LogP contribution in [0.3, 0.4) is 0 Å². The van der Waals surface area contributed by atoms with Crippen LogP contribution in [0.25, 0.3) is 0 Å². The highest BCUT2D eigenvalue weighted by molar-refractivity contribution is 9.10. The van der Waals surface area contributed by atoms with Crippen molar-refractivity contribution in [3.05, 3.63) is 62.5 Å². The molecule has 0 heterocycles. The quantitative estimate of drug-likeness (QED) is 0.792. The molecule has 2 N–H and O–H groups in total. The molecule has 2 rings (SSSR count). The fourth-order valence-electron chi connectivity index (χ4n) is 1.78. The van der Waals surface area contributed by atoms with E-state index in [9.17, 15) is 9.90 Å². The number of para-hydroxylation sites is 1. The van der Waals surface area contributed by atoms with E-state index in [0.717, 1.165) is 4.47 Å². The summed E-state index contributed by atoms with van der Waals surface area (Å²) in [5.74, 6) is -1.06. The maximum atomic E-state index is 11.5. The summed E-state index contributed by atoms with van der Waals surface area (Å²) in [6.45, 7) is 0. The Bertz CT molecular complexity index is 629. The van der Waals surface area contributed by atoms with Crippen molar-refractivity contribution in [2.45, 2.75) is 6.04 Å². The summed E-state index contributed by atoms with van der Waals surface area (Å²) in [7, 11) is 0. The number of hydrogen-bond donors (Lipinski definition) is 2. The Hall–Kier alpha value is -1.23. The number of aliphatic carboxylic acids is 1. The Balaban J connectivity index is 2.43. The van der Waals surface area contributed by atoms with Crippen molar-refractivity contribution < 1.29 is 9.90 Å². The van der Waals surface area contributed by atoms with Gasteiger partial charge < -0.3 is 10.4 Å². The van der Waals surface area contributed by atoms with Gasteiger partial charge in [0.15, 0.2) is 6.04 Å². The third kappa shape index (κ3) is 3.26. The van der Waals surface area contributed by atoms with Crippen molar-refractivity contribution in [1.82, 2.24) is 0 Å². The highest BCUT2D eigenvalue weighted by Gasteiger charge is 2.25. The Kier molecular flexibility index (Phi) is 4.91. The van der Waals surface area contributed by atoms with Gasteiger partial charge in [-0.1, -0.05) is 41.4 Å². The van der Waals surface area contributed by atoms with Gasteiger partial charge in [-0.2, -0.15) is 0 Å². The fraction of sp³-hybridized carbons (Fsp3) is 0.0714. The zero-order chi connectivity index (χ0) is 14.7. The van der Waals surface area contributed by atoms with E-state index < -0.39 is 12.0 Å². The van der Waals surface area contributed by atoms with E-state index in [2.05, 4.69) is 21.2 Å². The zero-order valence-electron chi connectivity index (χ0n) is 10.1. The molecule has 0 bridgehead atoms. The Labute approximate surface area is 134 Å². The molecule has 0 saturated carbocycles. The number of carbonyl (C=O) groups is 1. The first-order valence-corrected chi connectivity index (χ1v) is 7.23. The highest BCUT2D eigenvalue weighted by atomic mass is 79.9. The van der Waals surface area contributed by atoms with Crippen LogP contribution >= 0.6 is 39.1 Å². The van der Waals surface area contributed by atoms with Gasteiger partial charge in [-0.3, -0.25) is 0 Å². The summed E-state index contributed by atoms with van der Waals surface area (Å²) in [5.41, 5.74) is 0.995. The molecular formula is C14H10BrCl2NO2. The van der Waals surface area contributed by atoms with Gasteiger partial charge >= 0.3 is 5.97 Å². The normalized spacial score (nSPS) is 11.9. The van der Waals surface area contributed by atoms with E-state index in [1.165, 1.54) is 0 Å². The number of hydrogen-bond acceptors (Lipinski definition) is 2. The van der Waals surface area contributed by atoms with Gasteiger partial charge in [-0.25, -0.2) is 4.79 Å². The first-order chi connectivity index (χ1) is 9.50. The lowest BCUT2D eigenvalue weighted by atomic mass is 10.1. The van der Waals surface area contributed by atoms with Crippen molar-refractivity contribution in [2.75, 3.05) is 5.32 Å². The summed E-state index contributed by atoms with van der Waals surface area (Å²) in [4.78, 5) is 11.5. The summed E-state index contributed by atoms with van der Waals surface area (Å²) < 4.78 is 0.759. The minimum absolute atomic E-state index is 0.310. The average Bonchev–Trinajstić information content (AvgIpc) is 2.39. The lowest BCUT2D eigenvalue weighted by Gasteiger charge is -2.19. The lowest BCUT2D eigenvalue weighted by molar-refractivity contribution is -0.138. The Morgan fingerprint density at radius 1 is 1.10 bits per heavy atom. The highest BCUT2D eigenvalue weighted by Crippen LogP contribution is 2.34. The molecule has 6 heteroatoms. The van der Waals surface area contributed by atoms with Gasteiger partial charge in [0, 0.05) is 25.8 Å². The molecule has 2 aromatic rings. The molecule has 0 aliphatic heterocycles. The Morgan fingerprint density at radius 2 is 1.70 bits per heavy atom. The number of rotatable bonds is 4. The minimum Gasteiger partial charge on any atom is -0.479 e. The maximum absolute atomic E-state index is 11.5. The fourth-order valence-corrected chi connectivity index (χ4v) is 2.79. The van der Waals surface area contributed by atoms with Crippen molar-refractivity contribution in [1.29, 1.82) is 0 Å². The van der Waals surface area contributed by atoms with Gasteiger partial charge in [-0.05, 0) is 40.2 Å². The van der Waals surface area contributed by atoms with Crippen molar-refractivity contribution >= 4 is 50.8 Å². The Morgan fingerprint density at radius 3 is 2.25 bits per heavy atom. The van der Waals surface area contributed by atoms with E-state index in [1.807, 2.05) is 12.1 Å². The molecule has 20 heavy (non-hydrogen) atoms. The van der Waals surface area contributed by atoms with Crippen LogP contribution in [0.1, 0.15) is 11.6 Å². The molecule has 0 amide bonds. The summed E-state index contributed by atoms with van der Waals surface area (Å²) in [5, 5.41) is 13.0. The lowest BCUT2D eigenvalue weighted by Crippen LogP contribution is -2.21. The van der Waals surface area contributed by atoms with Crippen molar-refractivity contribution in [2.24, 2.45) is 0 Å². The van der Waals surface area contributed by atoms with Crippen LogP contribution in [0.15, 0.2) is 46.9 Å². The molecule has 0 aromatic heterocycles. The molecule has 3 nitrogen and oxygen atoms in total. The first-order valence-electron chi connectivity index (χ1n) is 5.68. The summed E-state index contributed by atoms with van der Waals surface area (Å²) >= 11 is 15.5. The van der Waals surface area contributed by atoms with Gasteiger partial charge in [0.05, 0.1) is 0 Å². The molecule has 0 radical (unpaired) electrons. The van der Waals surface area contributed by atoms with E-state index in [1.54, 1.807) is 30.3 Å². The van der Waals surface area contributed by atoms with Crippen LogP contribution in [0.5, 0.6) is 0 Å². The van der Waals surface area contributed by atoms with Crippen LogP contribution in [0.4, 0.5) is 5.69 Å². The molecule has 104 valence electrons. The second-order valence-electron chi connectivity index (χ2n) is 4.03. The van der Waals surface area contributed by atoms with Crippen LogP contribution in [0, 0.1) is 0 Å². The predicted molar refractivity (Wildman–Crippen MR) is 84.6 cm³/mol. The standard InChI is InChI=1S/C14H10BrCl2NO2/c15-8-4-1-2-7-11(8)18-13(14(19)20)12-9(16)5-3-6-10(12)17/h1-7,13,18H,(H,19,20). The number of carboxylic acids is 1. The maximum Gasteiger partial charge on any atom is 0.330 e. The van der Waals surface area contributed by atoms with E-state index >= 15 is 0 Å². The van der Waals surface area contributed by atoms with Crippen LogP contribution < -0.4 is 5.32 Å². The van der Waals surface area contributed by atoms with Crippen molar-refractivity contribution in [3.63, 3.8) is 0 Å². The number of halogens is 3. The largest absolute Gasteiger partial charge is 0.479 e. The van der Waals surface area contributed by atoms with Crippen molar-refractivity contribution in [3.8, 4) is 0 Å². The molecular weight excluding hydrogens is 365 g/mol. The van der Waals surface area contributed by atoms with E-state index in [-0.39, 0.29) is 0 Å². The molecule has 0 spiro atoms. The SMILES string of the molecule is O=C(O)C(Nc1ccccc1Br)c1c(Cl)cccc1Cl. The van der Waals surface area contributed by atoms with Crippen LogP contribution in [0.2, 0.25) is 10.0 Å². The molecule has 0 aliphatic carbocycles. The second-order valence-corrected chi connectivity index (χ2v) is 5.70.